The smallest absolute Gasteiger partial charge is 0.265 e. The predicted molar refractivity (Wildman–Crippen MR) is 132 cm³/mol. The Balaban J connectivity index is 1.58. The summed E-state index contributed by atoms with van der Waals surface area (Å²) in [5.41, 5.74) is 0.976. The van der Waals surface area contributed by atoms with E-state index in [1.165, 1.54) is 10.6 Å². The molecule has 4 aromatic carbocycles. The Bertz CT molecular complexity index is 1710. The zero-order valence-electron chi connectivity index (χ0n) is 17.5. The summed E-state index contributed by atoms with van der Waals surface area (Å²) >= 11 is 6.32. The topological polar surface area (TPSA) is 81.1 Å². The highest BCUT2D eigenvalue weighted by atomic mass is 35.5. The molecule has 0 aliphatic heterocycles. The van der Waals surface area contributed by atoms with Crippen LogP contribution in [0.5, 0.6) is 0 Å². The first kappa shape index (κ1) is 21.2. The summed E-state index contributed by atoms with van der Waals surface area (Å²) in [7, 11) is -3.92. The highest BCUT2D eigenvalue weighted by Crippen LogP contribution is 2.28. The number of nitrogens with zero attached hydrogens (tertiary/aromatic N) is 2. The monoisotopic (exact) mass is 475 g/mol. The maximum Gasteiger partial charge on any atom is 0.265 e. The molecule has 0 unspecified atom stereocenters. The lowest BCUT2D eigenvalue weighted by Crippen LogP contribution is -2.22. The summed E-state index contributed by atoms with van der Waals surface area (Å²) in [5.74, 6) is 0.476. The highest BCUT2D eigenvalue weighted by Gasteiger charge is 2.18. The highest BCUT2D eigenvalue weighted by molar-refractivity contribution is 7.92. The summed E-state index contributed by atoms with van der Waals surface area (Å²) < 4.78 is 30.2. The molecule has 0 atom stereocenters. The lowest BCUT2D eigenvalue weighted by atomic mass is 10.1. The zero-order chi connectivity index (χ0) is 23.2. The number of hydrogen-bond donors (Lipinski definition) is 1. The van der Waals surface area contributed by atoms with Crippen LogP contribution in [0, 0.1) is 6.92 Å². The minimum absolute atomic E-state index is 0.114. The number of aryl methyl sites for hydroxylation is 1. The van der Waals surface area contributed by atoms with Crippen molar-refractivity contribution in [1.82, 2.24) is 9.55 Å². The molecule has 0 aliphatic carbocycles. The van der Waals surface area contributed by atoms with Crippen LogP contribution in [0.15, 0.2) is 94.6 Å². The van der Waals surface area contributed by atoms with E-state index in [9.17, 15) is 13.2 Å². The number of nitrogens with one attached hydrogen (secondary N) is 1. The Labute approximate surface area is 195 Å². The third kappa shape index (κ3) is 3.86. The van der Waals surface area contributed by atoms with E-state index < -0.39 is 10.0 Å². The minimum atomic E-state index is -3.92. The van der Waals surface area contributed by atoms with Crippen LogP contribution in [-0.4, -0.2) is 18.0 Å². The molecule has 0 aliphatic rings. The lowest BCUT2D eigenvalue weighted by Gasteiger charge is -2.15. The fourth-order valence-corrected chi connectivity index (χ4v) is 5.14. The number of aromatic nitrogens is 2. The van der Waals surface area contributed by atoms with Gasteiger partial charge in [-0.05, 0) is 60.2 Å². The molecule has 33 heavy (non-hydrogen) atoms. The van der Waals surface area contributed by atoms with Gasteiger partial charge in [0.2, 0.25) is 0 Å². The molecule has 0 amide bonds. The van der Waals surface area contributed by atoms with Crippen molar-refractivity contribution in [2.45, 2.75) is 11.8 Å². The Kier molecular flexibility index (Phi) is 5.15. The molecule has 1 aromatic heterocycles. The quantitative estimate of drug-likeness (QED) is 0.382. The maximum atomic E-state index is 13.1. The van der Waals surface area contributed by atoms with E-state index >= 15 is 0 Å². The molecular formula is C25H18ClN3O3S. The van der Waals surface area contributed by atoms with Crippen molar-refractivity contribution >= 4 is 49.0 Å². The van der Waals surface area contributed by atoms with Gasteiger partial charge in [-0.1, -0.05) is 54.1 Å². The van der Waals surface area contributed by atoms with Gasteiger partial charge in [0.25, 0.3) is 15.6 Å². The molecule has 1 N–H and O–H groups in total. The van der Waals surface area contributed by atoms with Crippen molar-refractivity contribution in [3.8, 4) is 5.69 Å². The van der Waals surface area contributed by atoms with Gasteiger partial charge in [0.1, 0.15) is 5.82 Å². The second-order valence-corrected chi connectivity index (χ2v) is 9.68. The van der Waals surface area contributed by atoms with Crippen molar-refractivity contribution in [3.05, 3.63) is 106 Å². The summed E-state index contributed by atoms with van der Waals surface area (Å²) in [5, 5.41) is 2.43. The van der Waals surface area contributed by atoms with Gasteiger partial charge < -0.3 is 0 Å². The Hall–Kier alpha value is -3.68. The van der Waals surface area contributed by atoms with E-state index in [0.29, 0.717) is 22.4 Å². The molecule has 6 nitrogen and oxygen atoms in total. The number of halogens is 1. The van der Waals surface area contributed by atoms with Gasteiger partial charge in [0.15, 0.2) is 0 Å². The predicted octanol–water partition coefficient (Wildman–Crippen LogP) is 5.30. The largest absolute Gasteiger partial charge is 0.278 e. The summed E-state index contributed by atoms with van der Waals surface area (Å²) in [6, 6.07) is 24.2. The van der Waals surface area contributed by atoms with E-state index in [0.717, 1.165) is 10.8 Å². The van der Waals surface area contributed by atoms with Crippen LogP contribution in [0.2, 0.25) is 5.02 Å². The van der Waals surface area contributed by atoms with Crippen LogP contribution in [0.4, 0.5) is 5.69 Å². The molecule has 0 bridgehead atoms. The number of para-hydroxylation sites is 1. The molecule has 0 radical (unpaired) electrons. The Morgan fingerprint density at radius 2 is 1.61 bits per heavy atom. The Morgan fingerprint density at radius 1 is 0.879 bits per heavy atom. The molecule has 0 fully saturated rings. The van der Waals surface area contributed by atoms with Crippen LogP contribution >= 0.6 is 11.6 Å². The third-order valence-electron chi connectivity index (χ3n) is 5.43. The van der Waals surface area contributed by atoms with Gasteiger partial charge in [0, 0.05) is 0 Å². The van der Waals surface area contributed by atoms with Crippen LogP contribution in [0.25, 0.3) is 27.4 Å². The van der Waals surface area contributed by atoms with Crippen molar-refractivity contribution in [2.75, 3.05) is 4.72 Å². The van der Waals surface area contributed by atoms with Crippen molar-refractivity contribution < 1.29 is 8.42 Å². The Morgan fingerprint density at radius 3 is 2.42 bits per heavy atom. The zero-order valence-corrected chi connectivity index (χ0v) is 19.1. The van der Waals surface area contributed by atoms with E-state index in [2.05, 4.69) is 9.71 Å². The first-order valence-corrected chi connectivity index (χ1v) is 12.0. The molecule has 0 spiro atoms. The van der Waals surface area contributed by atoms with Gasteiger partial charge in [-0.25, -0.2) is 13.4 Å². The van der Waals surface area contributed by atoms with E-state index in [1.54, 1.807) is 55.5 Å². The third-order valence-corrected chi connectivity index (χ3v) is 7.12. The van der Waals surface area contributed by atoms with Crippen molar-refractivity contribution in [3.63, 3.8) is 0 Å². The summed E-state index contributed by atoms with van der Waals surface area (Å²) in [4.78, 5) is 17.8. The van der Waals surface area contributed by atoms with Gasteiger partial charge in [-0.15, -0.1) is 0 Å². The van der Waals surface area contributed by atoms with Gasteiger partial charge in [0.05, 0.1) is 32.2 Å². The minimum Gasteiger partial charge on any atom is -0.278 e. The van der Waals surface area contributed by atoms with E-state index in [1.807, 2.05) is 30.3 Å². The lowest BCUT2D eigenvalue weighted by molar-refractivity contribution is 0.601. The number of hydrogen-bond acceptors (Lipinski definition) is 4. The van der Waals surface area contributed by atoms with E-state index in [4.69, 9.17) is 11.6 Å². The molecule has 5 rings (SSSR count). The molecule has 8 heteroatoms. The SMILES string of the molecule is Cc1nc2ccccc2c(=O)n1-c1ccc(Cl)c(NS(=O)(=O)c2ccc3ccccc3c2)c1. The van der Waals surface area contributed by atoms with Crippen molar-refractivity contribution in [1.29, 1.82) is 0 Å². The maximum absolute atomic E-state index is 13.1. The molecule has 1 heterocycles. The summed E-state index contributed by atoms with van der Waals surface area (Å²) in [6.07, 6.45) is 0. The number of sulfonamides is 1. The molecule has 5 aromatic rings. The number of fused-ring (bicyclic) bond motifs is 2. The number of rotatable bonds is 4. The molecule has 0 saturated heterocycles. The first-order chi connectivity index (χ1) is 15.8. The van der Waals surface area contributed by atoms with Gasteiger partial charge in [-0.2, -0.15) is 0 Å². The van der Waals surface area contributed by atoms with E-state index in [-0.39, 0.29) is 21.2 Å². The summed E-state index contributed by atoms with van der Waals surface area (Å²) in [6.45, 7) is 1.72. The first-order valence-electron chi connectivity index (χ1n) is 10.1. The van der Waals surface area contributed by atoms with Crippen molar-refractivity contribution in [2.24, 2.45) is 0 Å². The fourth-order valence-electron chi connectivity index (χ4n) is 3.82. The number of benzene rings is 4. The standard InChI is InChI=1S/C25H18ClN3O3S/c1-16-27-23-9-5-4-8-21(23)25(30)29(16)19-11-13-22(26)24(15-19)28-33(31,32)20-12-10-17-6-2-3-7-18(17)14-20/h2-15,28H,1H3. The van der Waals surface area contributed by atoms with Gasteiger partial charge >= 0.3 is 0 Å². The fraction of sp³-hybridized carbons (Fsp3) is 0.0400. The second-order valence-electron chi connectivity index (χ2n) is 7.60. The molecule has 164 valence electrons. The second kappa shape index (κ2) is 8.03. The molecule has 0 saturated carbocycles. The van der Waals surface area contributed by atoms with Crippen LogP contribution in [0.1, 0.15) is 5.82 Å². The van der Waals surface area contributed by atoms with Crippen LogP contribution in [-0.2, 0) is 10.0 Å². The molecular weight excluding hydrogens is 458 g/mol. The number of anilines is 1. The average molecular weight is 476 g/mol. The average Bonchev–Trinajstić information content (AvgIpc) is 2.80. The normalized spacial score (nSPS) is 11.7. The van der Waals surface area contributed by atoms with Crippen LogP contribution < -0.4 is 10.3 Å². The van der Waals surface area contributed by atoms with Crippen LogP contribution in [0.3, 0.4) is 0 Å². The van der Waals surface area contributed by atoms with Gasteiger partial charge in [-0.3, -0.25) is 14.1 Å².